The number of carbonyl (C=O) groups excluding carboxylic acids is 1. The van der Waals surface area contributed by atoms with Crippen LogP contribution in [0.4, 0.5) is 5.69 Å². The first kappa shape index (κ1) is 27.3. The third-order valence-electron chi connectivity index (χ3n) is 6.50. The molecule has 0 atom stereocenters. The highest BCUT2D eigenvalue weighted by Gasteiger charge is 2.26. The van der Waals surface area contributed by atoms with E-state index in [0.29, 0.717) is 29.5 Å². The Morgan fingerprint density at radius 3 is 2.36 bits per heavy atom. The Balaban J connectivity index is 1.70. The molecule has 3 aromatic rings. The van der Waals surface area contributed by atoms with Crippen LogP contribution in [0.3, 0.4) is 0 Å². The minimum absolute atomic E-state index is 0.0968. The van der Waals surface area contributed by atoms with E-state index in [2.05, 4.69) is 15.6 Å². The lowest BCUT2D eigenvalue weighted by Crippen LogP contribution is -2.22. The number of carboxylic acids is 1. The van der Waals surface area contributed by atoms with Gasteiger partial charge < -0.3 is 30.0 Å². The van der Waals surface area contributed by atoms with Crippen molar-refractivity contribution >= 4 is 34.8 Å². The van der Waals surface area contributed by atoms with Crippen molar-refractivity contribution in [3.8, 4) is 17.2 Å². The predicted octanol–water partition coefficient (Wildman–Crippen LogP) is 4.64. The Bertz CT molecular complexity index is 1420. The molecule has 0 bridgehead atoms. The van der Waals surface area contributed by atoms with Crippen molar-refractivity contribution in [3.05, 3.63) is 82.7 Å². The molecular weight excluding hydrogens is 498 g/mol. The van der Waals surface area contributed by atoms with Crippen LogP contribution in [0.5, 0.6) is 17.2 Å². The number of pyridine rings is 1. The number of fused-ring (bicyclic) bond motifs is 1. The Kier molecular flexibility index (Phi) is 8.50. The molecule has 2 aromatic carbocycles. The number of aliphatic carboxylic acids is 1. The fourth-order valence-corrected chi connectivity index (χ4v) is 4.56. The minimum atomic E-state index is -0.999. The van der Waals surface area contributed by atoms with Gasteiger partial charge in [-0.25, -0.2) is 0 Å². The Morgan fingerprint density at radius 1 is 1.00 bits per heavy atom. The summed E-state index contributed by atoms with van der Waals surface area (Å²) in [5, 5.41) is 14.9. The van der Waals surface area contributed by atoms with Crippen LogP contribution in [-0.4, -0.2) is 49.8 Å². The summed E-state index contributed by atoms with van der Waals surface area (Å²) in [7, 11) is 4.65. The number of aromatic nitrogens is 1. The van der Waals surface area contributed by atoms with Crippen LogP contribution in [0.2, 0.25) is 0 Å². The van der Waals surface area contributed by atoms with Gasteiger partial charge in [0.2, 0.25) is 5.91 Å². The van der Waals surface area contributed by atoms with Crippen LogP contribution in [0.25, 0.3) is 17.2 Å². The van der Waals surface area contributed by atoms with Crippen molar-refractivity contribution in [2.75, 3.05) is 33.2 Å². The van der Waals surface area contributed by atoms with Crippen molar-refractivity contribution in [1.29, 1.82) is 0 Å². The van der Waals surface area contributed by atoms with Crippen LogP contribution < -0.4 is 24.8 Å². The number of benzene rings is 2. The van der Waals surface area contributed by atoms with E-state index in [0.717, 1.165) is 39.0 Å². The van der Waals surface area contributed by atoms with E-state index in [1.54, 1.807) is 19.5 Å². The number of ether oxygens (including phenoxy) is 3. The summed E-state index contributed by atoms with van der Waals surface area (Å²) >= 11 is 0. The van der Waals surface area contributed by atoms with E-state index < -0.39 is 5.97 Å². The highest BCUT2D eigenvalue weighted by atomic mass is 16.5. The number of amides is 1. The van der Waals surface area contributed by atoms with Gasteiger partial charge in [0.05, 0.1) is 27.8 Å². The number of nitrogens with one attached hydrogen (secondary N) is 2. The average molecular weight is 530 g/mol. The molecule has 0 aliphatic heterocycles. The first-order valence-electron chi connectivity index (χ1n) is 12.3. The molecule has 1 aromatic heterocycles. The molecule has 0 spiro atoms. The topological polar surface area (TPSA) is 119 Å². The number of hydrogen-bond acceptors (Lipinski definition) is 7. The van der Waals surface area contributed by atoms with Crippen LogP contribution in [0.15, 0.2) is 60.4 Å². The normalized spacial score (nSPS) is 13.2. The van der Waals surface area contributed by atoms with E-state index in [9.17, 15) is 9.59 Å². The second kappa shape index (κ2) is 12.2. The van der Waals surface area contributed by atoms with E-state index >= 15 is 0 Å². The maximum atomic E-state index is 13.0. The quantitative estimate of drug-likeness (QED) is 0.329. The molecular formula is C30H31N3O6. The number of nitrogens with zero attached hydrogens (tertiary/aromatic N) is 1. The van der Waals surface area contributed by atoms with E-state index in [-0.39, 0.29) is 18.9 Å². The van der Waals surface area contributed by atoms with Gasteiger partial charge in [-0.3, -0.25) is 14.6 Å². The van der Waals surface area contributed by atoms with Crippen molar-refractivity contribution in [3.63, 3.8) is 0 Å². The molecule has 0 radical (unpaired) electrons. The van der Waals surface area contributed by atoms with Crippen LogP contribution >= 0.6 is 0 Å². The first-order valence-corrected chi connectivity index (χ1v) is 12.3. The Morgan fingerprint density at radius 2 is 1.74 bits per heavy atom. The molecule has 0 fully saturated rings. The van der Waals surface area contributed by atoms with E-state index in [1.165, 1.54) is 14.2 Å². The number of rotatable bonds is 11. The lowest BCUT2D eigenvalue weighted by atomic mass is 10.00. The molecule has 1 aliphatic rings. The van der Waals surface area contributed by atoms with Gasteiger partial charge in [-0.2, -0.15) is 0 Å². The molecule has 202 valence electrons. The summed E-state index contributed by atoms with van der Waals surface area (Å²) in [6, 6.07) is 13.2. The second-order valence-electron chi connectivity index (χ2n) is 8.94. The zero-order valence-electron chi connectivity index (χ0n) is 22.3. The van der Waals surface area contributed by atoms with Gasteiger partial charge in [-0.1, -0.05) is 12.1 Å². The lowest BCUT2D eigenvalue weighted by molar-refractivity contribution is -0.135. The van der Waals surface area contributed by atoms with Gasteiger partial charge in [0, 0.05) is 18.9 Å². The van der Waals surface area contributed by atoms with Gasteiger partial charge in [0.15, 0.2) is 0 Å². The maximum absolute atomic E-state index is 13.0. The number of methoxy groups -OCH3 is 3. The molecule has 1 heterocycles. The average Bonchev–Trinajstić information content (AvgIpc) is 3.20. The zero-order valence-corrected chi connectivity index (χ0v) is 22.3. The summed E-state index contributed by atoms with van der Waals surface area (Å²) in [6.45, 7) is 2.12. The smallest absolute Gasteiger partial charge is 0.322 e. The Hall–Kier alpha value is -4.79. The molecule has 3 N–H and O–H groups in total. The monoisotopic (exact) mass is 529 g/mol. The predicted molar refractivity (Wildman–Crippen MR) is 150 cm³/mol. The summed E-state index contributed by atoms with van der Waals surface area (Å²) in [4.78, 5) is 28.1. The van der Waals surface area contributed by atoms with Crippen LogP contribution in [0.1, 0.15) is 35.6 Å². The van der Waals surface area contributed by atoms with Gasteiger partial charge in [-0.15, -0.1) is 0 Å². The maximum Gasteiger partial charge on any atom is 0.322 e. The van der Waals surface area contributed by atoms with Gasteiger partial charge in [-0.05, 0) is 82.3 Å². The van der Waals surface area contributed by atoms with Crippen LogP contribution in [0, 0.1) is 0 Å². The molecule has 39 heavy (non-hydrogen) atoms. The Labute approximate surface area is 227 Å². The number of carbonyl (C=O) groups is 2. The standard InChI is InChI=1S/C30H31N3O6/c1-18-23(10-20-11-26(38-3)30(27(12-20)39-4)33-17-29(35)36)22-8-7-21(37-2)13-25(22)24(18)14-28(34)32-16-19-6-5-9-31-15-19/h5-13,15,33H,14,16-17H2,1-4H3,(H,32,34)(H,35,36). The molecule has 1 aliphatic carbocycles. The second-order valence-corrected chi connectivity index (χ2v) is 8.94. The minimum Gasteiger partial charge on any atom is -0.497 e. The summed E-state index contributed by atoms with van der Waals surface area (Å²) in [6.07, 6.45) is 5.63. The molecule has 4 rings (SSSR count). The molecule has 0 saturated carbocycles. The molecule has 1 amide bonds. The first-order chi connectivity index (χ1) is 18.8. The van der Waals surface area contributed by atoms with Crippen molar-refractivity contribution in [2.45, 2.75) is 19.9 Å². The number of allylic oxidation sites excluding steroid dienone is 2. The molecule has 0 unspecified atom stereocenters. The highest BCUT2D eigenvalue weighted by Crippen LogP contribution is 2.46. The summed E-state index contributed by atoms with van der Waals surface area (Å²) < 4.78 is 16.5. The van der Waals surface area contributed by atoms with E-state index in [1.807, 2.05) is 55.5 Å². The van der Waals surface area contributed by atoms with Gasteiger partial charge >= 0.3 is 5.97 Å². The van der Waals surface area contributed by atoms with E-state index in [4.69, 9.17) is 19.3 Å². The van der Waals surface area contributed by atoms with Crippen molar-refractivity contribution in [1.82, 2.24) is 10.3 Å². The van der Waals surface area contributed by atoms with Gasteiger partial charge in [0.1, 0.15) is 29.5 Å². The summed E-state index contributed by atoms with van der Waals surface area (Å²) in [5.41, 5.74) is 6.94. The molecule has 0 saturated heterocycles. The fourth-order valence-electron chi connectivity index (χ4n) is 4.56. The van der Waals surface area contributed by atoms with Crippen molar-refractivity contribution in [2.24, 2.45) is 0 Å². The lowest BCUT2D eigenvalue weighted by Gasteiger charge is -2.15. The molecule has 9 nitrogen and oxygen atoms in total. The number of hydrogen-bond donors (Lipinski definition) is 3. The number of anilines is 1. The largest absolute Gasteiger partial charge is 0.497 e. The summed E-state index contributed by atoms with van der Waals surface area (Å²) in [5.74, 6) is 0.508. The number of carboxylic acid groups (broad SMARTS) is 1. The SMILES string of the molecule is COc1ccc2c(c1)C(CC(=O)NCc1cccnc1)=C(C)C2=Cc1cc(OC)c(NCC(=O)O)c(OC)c1. The zero-order chi connectivity index (χ0) is 27.9. The van der Waals surface area contributed by atoms with Gasteiger partial charge in [0.25, 0.3) is 0 Å². The van der Waals surface area contributed by atoms with Crippen LogP contribution in [-0.2, 0) is 16.1 Å². The fraction of sp³-hybridized carbons (Fsp3) is 0.233. The molecule has 9 heteroatoms. The third kappa shape index (κ3) is 6.20. The highest BCUT2D eigenvalue weighted by molar-refractivity contribution is 6.08. The van der Waals surface area contributed by atoms with Crippen molar-refractivity contribution < 1.29 is 28.9 Å². The third-order valence-corrected chi connectivity index (χ3v) is 6.50.